The molecule has 1 N–H and O–H groups in total. The van der Waals surface area contributed by atoms with Crippen molar-refractivity contribution in [3.8, 4) is 0 Å². The summed E-state index contributed by atoms with van der Waals surface area (Å²) in [4.78, 5) is 11.1. The largest absolute Gasteiger partial charge is 0.366 e. The Labute approximate surface area is 111 Å². The first-order valence-corrected chi connectivity index (χ1v) is 7.27. The van der Waals surface area contributed by atoms with Gasteiger partial charge in [-0.3, -0.25) is 0 Å². The van der Waals surface area contributed by atoms with Gasteiger partial charge in [0, 0.05) is 18.6 Å². The minimum atomic E-state index is 0.524. The van der Waals surface area contributed by atoms with Gasteiger partial charge in [-0.1, -0.05) is 0 Å². The molecule has 0 aliphatic carbocycles. The molecule has 2 aromatic rings. The molecule has 3 heterocycles. The highest BCUT2D eigenvalue weighted by Crippen LogP contribution is 2.27. The van der Waals surface area contributed by atoms with E-state index in [1.165, 1.54) is 17.5 Å². The third kappa shape index (κ3) is 2.20. The molecule has 2 atom stereocenters. The molecule has 4 nitrogen and oxygen atoms in total. The number of nitrogens with one attached hydrogen (secondary N) is 1. The van der Waals surface area contributed by atoms with Crippen molar-refractivity contribution in [3.63, 3.8) is 0 Å². The maximum Gasteiger partial charge on any atom is 0.147 e. The molecule has 3 rings (SSSR count). The average molecular weight is 262 g/mol. The summed E-state index contributed by atoms with van der Waals surface area (Å²) in [7, 11) is 2.20. The lowest BCUT2D eigenvalue weighted by atomic mass is 9.99. The fourth-order valence-corrected chi connectivity index (χ4v) is 3.30. The van der Waals surface area contributed by atoms with E-state index in [-0.39, 0.29) is 0 Å². The SMILES string of the molecule is CC1CC(Nc2ncnc3ccsc23)CCN1C. The summed E-state index contributed by atoms with van der Waals surface area (Å²) < 4.78 is 1.17. The van der Waals surface area contributed by atoms with Crippen molar-refractivity contribution in [1.29, 1.82) is 0 Å². The number of piperidine rings is 1. The van der Waals surface area contributed by atoms with Crippen molar-refractivity contribution in [2.24, 2.45) is 0 Å². The molecule has 5 heteroatoms. The summed E-state index contributed by atoms with van der Waals surface area (Å²) in [5, 5.41) is 5.66. The van der Waals surface area contributed by atoms with E-state index in [9.17, 15) is 0 Å². The monoisotopic (exact) mass is 262 g/mol. The lowest BCUT2D eigenvalue weighted by Gasteiger charge is -2.35. The van der Waals surface area contributed by atoms with Gasteiger partial charge in [-0.05, 0) is 38.3 Å². The summed E-state index contributed by atoms with van der Waals surface area (Å²) >= 11 is 1.71. The Morgan fingerprint density at radius 3 is 3.17 bits per heavy atom. The normalized spacial score (nSPS) is 25.4. The molecule has 18 heavy (non-hydrogen) atoms. The summed E-state index contributed by atoms with van der Waals surface area (Å²) in [5.41, 5.74) is 1.04. The van der Waals surface area contributed by atoms with E-state index in [1.54, 1.807) is 17.7 Å². The molecule has 0 bridgehead atoms. The Morgan fingerprint density at radius 2 is 2.33 bits per heavy atom. The number of rotatable bonds is 2. The van der Waals surface area contributed by atoms with Gasteiger partial charge in [-0.2, -0.15) is 0 Å². The average Bonchev–Trinajstić information content (AvgIpc) is 2.83. The van der Waals surface area contributed by atoms with Crippen LogP contribution in [0.25, 0.3) is 10.2 Å². The molecule has 96 valence electrons. The van der Waals surface area contributed by atoms with Gasteiger partial charge in [0.25, 0.3) is 0 Å². The molecule has 2 aromatic heterocycles. The van der Waals surface area contributed by atoms with Crippen LogP contribution in [-0.4, -0.2) is 40.5 Å². The van der Waals surface area contributed by atoms with Crippen LogP contribution in [0.15, 0.2) is 17.8 Å². The molecule has 1 saturated heterocycles. The van der Waals surface area contributed by atoms with Gasteiger partial charge < -0.3 is 10.2 Å². The van der Waals surface area contributed by atoms with Gasteiger partial charge >= 0.3 is 0 Å². The van der Waals surface area contributed by atoms with Crippen LogP contribution in [0.2, 0.25) is 0 Å². The van der Waals surface area contributed by atoms with Crippen molar-refractivity contribution in [2.45, 2.75) is 31.8 Å². The zero-order valence-corrected chi connectivity index (χ0v) is 11.6. The number of thiophene rings is 1. The van der Waals surface area contributed by atoms with E-state index in [2.05, 4.69) is 39.5 Å². The Bertz CT molecular complexity index is 539. The molecular weight excluding hydrogens is 244 g/mol. The van der Waals surface area contributed by atoms with E-state index in [0.29, 0.717) is 12.1 Å². The van der Waals surface area contributed by atoms with Crippen molar-refractivity contribution in [2.75, 3.05) is 18.9 Å². The molecule has 2 unspecified atom stereocenters. The number of fused-ring (bicyclic) bond motifs is 1. The van der Waals surface area contributed by atoms with Crippen LogP contribution in [0.4, 0.5) is 5.82 Å². The van der Waals surface area contributed by atoms with Crippen LogP contribution in [0.3, 0.4) is 0 Å². The molecule has 0 amide bonds. The molecule has 1 fully saturated rings. The zero-order chi connectivity index (χ0) is 12.5. The second-order valence-corrected chi connectivity index (χ2v) is 5.97. The third-order valence-electron chi connectivity index (χ3n) is 3.79. The standard InChI is InChI=1S/C13H18N4S/c1-9-7-10(3-5-17(9)2)16-13-12-11(4-6-18-12)14-8-15-13/h4,6,8-10H,3,5,7H2,1-2H3,(H,14,15,16). The van der Waals surface area contributed by atoms with E-state index in [1.807, 2.05) is 6.07 Å². The summed E-state index contributed by atoms with van der Waals surface area (Å²) in [6.45, 7) is 3.44. The second kappa shape index (κ2) is 4.82. The van der Waals surface area contributed by atoms with E-state index in [0.717, 1.165) is 17.9 Å². The number of hydrogen-bond acceptors (Lipinski definition) is 5. The van der Waals surface area contributed by atoms with E-state index in [4.69, 9.17) is 0 Å². The van der Waals surface area contributed by atoms with Gasteiger partial charge in [-0.15, -0.1) is 11.3 Å². The van der Waals surface area contributed by atoms with Crippen molar-refractivity contribution < 1.29 is 0 Å². The van der Waals surface area contributed by atoms with Gasteiger partial charge in [0.1, 0.15) is 12.1 Å². The van der Waals surface area contributed by atoms with Crippen LogP contribution in [0.1, 0.15) is 19.8 Å². The predicted molar refractivity (Wildman–Crippen MR) is 76.2 cm³/mol. The maximum atomic E-state index is 4.39. The lowest BCUT2D eigenvalue weighted by Crippen LogP contribution is -2.42. The van der Waals surface area contributed by atoms with Crippen LogP contribution in [-0.2, 0) is 0 Å². The molecule has 1 aliphatic rings. The highest BCUT2D eigenvalue weighted by Gasteiger charge is 2.23. The second-order valence-electron chi connectivity index (χ2n) is 5.05. The smallest absolute Gasteiger partial charge is 0.147 e. The van der Waals surface area contributed by atoms with Gasteiger partial charge in [-0.25, -0.2) is 9.97 Å². The number of likely N-dealkylation sites (tertiary alicyclic amines) is 1. The first-order valence-electron chi connectivity index (χ1n) is 6.39. The Morgan fingerprint density at radius 1 is 1.44 bits per heavy atom. The predicted octanol–water partition coefficient (Wildman–Crippen LogP) is 2.59. The Balaban J connectivity index is 1.78. The fourth-order valence-electron chi connectivity index (χ4n) is 2.51. The molecule has 0 saturated carbocycles. The van der Waals surface area contributed by atoms with Gasteiger partial charge in [0.2, 0.25) is 0 Å². The van der Waals surface area contributed by atoms with E-state index >= 15 is 0 Å². The van der Waals surface area contributed by atoms with Gasteiger partial charge in [0.05, 0.1) is 10.2 Å². The summed E-state index contributed by atoms with van der Waals surface area (Å²) in [5.74, 6) is 0.997. The van der Waals surface area contributed by atoms with Crippen LogP contribution < -0.4 is 5.32 Å². The number of nitrogens with zero attached hydrogens (tertiary/aromatic N) is 3. The topological polar surface area (TPSA) is 41.1 Å². The minimum absolute atomic E-state index is 0.524. The van der Waals surface area contributed by atoms with Gasteiger partial charge in [0.15, 0.2) is 0 Å². The minimum Gasteiger partial charge on any atom is -0.366 e. The molecule has 0 radical (unpaired) electrons. The highest BCUT2D eigenvalue weighted by atomic mass is 32.1. The maximum absolute atomic E-state index is 4.39. The number of hydrogen-bond donors (Lipinski definition) is 1. The molecule has 1 aliphatic heterocycles. The van der Waals surface area contributed by atoms with Crippen LogP contribution >= 0.6 is 11.3 Å². The van der Waals surface area contributed by atoms with Crippen molar-refractivity contribution in [1.82, 2.24) is 14.9 Å². The van der Waals surface area contributed by atoms with Crippen molar-refractivity contribution >= 4 is 27.4 Å². The van der Waals surface area contributed by atoms with Crippen LogP contribution in [0, 0.1) is 0 Å². The molecule has 0 aromatic carbocycles. The van der Waals surface area contributed by atoms with Crippen molar-refractivity contribution in [3.05, 3.63) is 17.8 Å². The van der Waals surface area contributed by atoms with Crippen LogP contribution in [0.5, 0.6) is 0 Å². The first-order chi connectivity index (χ1) is 8.74. The molecule has 0 spiro atoms. The lowest BCUT2D eigenvalue weighted by molar-refractivity contribution is 0.190. The highest BCUT2D eigenvalue weighted by molar-refractivity contribution is 7.17. The van der Waals surface area contributed by atoms with E-state index < -0.39 is 0 Å². The Hall–Kier alpha value is -1.20. The third-order valence-corrected chi connectivity index (χ3v) is 4.70. The molecular formula is C13H18N4S. The number of anilines is 1. The Kier molecular flexibility index (Phi) is 3.18. The fraction of sp³-hybridized carbons (Fsp3) is 0.538. The number of aromatic nitrogens is 2. The first kappa shape index (κ1) is 11.9. The zero-order valence-electron chi connectivity index (χ0n) is 10.8. The summed E-state index contributed by atoms with van der Waals surface area (Å²) in [6.07, 6.45) is 4.00. The summed E-state index contributed by atoms with van der Waals surface area (Å²) in [6, 6.07) is 3.21. The quantitative estimate of drug-likeness (QED) is 0.903.